The summed E-state index contributed by atoms with van der Waals surface area (Å²) in [5.41, 5.74) is 7.96. The van der Waals surface area contributed by atoms with Gasteiger partial charge in [-0.3, -0.25) is 4.98 Å². The Morgan fingerprint density at radius 1 is 1.39 bits per heavy atom. The molecule has 96 valence electrons. The van der Waals surface area contributed by atoms with Gasteiger partial charge in [-0.1, -0.05) is 13.8 Å². The minimum absolute atomic E-state index is 0.221. The molecule has 0 spiro atoms. The van der Waals surface area contributed by atoms with E-state index < -0.39 is 0 Å². The van der Waals surface area contributed by atoms with Gasteiger partial charge in [0.15, 0.2) is 0 Å². The van der Waals surface area contributed by atoms with E-state index in [1.807, 2.05) is 18.3 Å². The van der Waals surface area contributed by atoms with Gasteiger partial charge in [0.1, 0.15) is 0 Å². The highest BCUT2D eigenvalue weighted by molar-refractivity contribution is 7.09. The molecule has 0 unspecified atom stereocenters. The van der Waals surface area contributed by atoms with Crippen LogP contribution in [0.5, 0.6) is 0 Å². The lowest BCUT2D eigenvalue weighted by Crippen LogP contribution is -2.19. The van der Waals surface area contributed by atoms with Crippen molar-refractivity contribution < 1.29 is 0 Å². The van der Waals surface area contributed by atoms with Crippen LogP contribution in [0.15, 0.2) is 29.9 Å². The molecule has 3 nitrogen and oxygen atoms in total. The highest BCUT2D eigenvalue weighted by atomic mass is 32.1. The number of pyridine rings is 1. The molecule has 2 aromatic heterocycles. The lowest BCUT2D eigenvalue weighted by Gasteiger charge is -2.22. The number of nitrogens with two attached hydrogens (primary N) is 1. The van der Waals surface area contributed by atoms with Crippen molar-refractivity contribution in [2.45, 2.75) is 26.7 Å². The molecule has 0 amide bonds. The molecule has 0 atom stereocenters. The van der Waals surface area contributed by atoms with Crippen molar-refractivity contribution in [3.8, 4) is 11.3 Å². The molecule has 0 fully saturated rings. The van der Waals surface area contributed by atoms with Gasteiger partial charge in [0.2, 0.25) is 0 Å². The fourth-order valence-corrected chi connectivity index (χ4v) is 2.99. The Hall–Kier alpha value is -1.26. The molecule has 0 bridgehead atoms. The Bertz CT molecular complexity index is 491. The van der Waals surface area contributed by atoms with Crippen LogP contribution in [0.2, 0.25) is 0 Å². The number of aromatic nitrogens is 2. The molecule has 2 rings (SSSR count). The zero-order valence-corrected chi connectivity index (χ0v) is 11.7. The van der Waals surface area contributed by atoms with Crippen molar-refractivity contribution in [3.05, 3.63) is 34.9 Å². The monoisotopic (exact) mass is 261 g/mol. The highest BCUT2D eigenvalue weighted by Gasteiger charge is 2.19. The average Bonchev–Trinajstić information content (AvgIpc) is 2.77. The predicted octanol–water partition coefficient (Wildman–Crippen LogP) is 3.12. The van der Waals surface area contributed by atoms with Crippen LogP contribution in [0.3, 0.4) is 0 Å². The van der Waals surface area contributed by atoms with E-state index >= 15 is 0 Å². The van der Waals surface area contributed by atoms with E-state index in [1.54, 1.807) is 17.5 Å². The number of hydrogen-bond donors (Lipinski definition) is 1. The molecule has 0 saturated heterocycles. The van der Waals surface area contributed by atoms with Crippen LogP contribution in [0, 0.1) is 5.41 Å². The van der Waals surface area contributed by atoms with Crippen LogP contribution in [0.4, 0.5) is 0 Å². The Morgan fingerprint density at radius 3 is 2.89 bits per heavy atom. The lowest BCUT2D eigenvalue weighted by molar-refractivity contribution is 0.338. The molecule has 2 heterocycles. The van der Waals surface area contributed by atoms with Crippen LogP contribution in [0.1, 0.15) is 25.3 Å². The number of hydrogen-bond acceptors (Lipinski definition) is 4. The fourth-order valence-electron chi connectivity index (χ4n) is 1.93. The molecular weight excluding hydrogens is 242 g/mol. The molecule has 0 saturated carbocycles. The number of rotatable bonds is 5. The molecule has 0 aromatic carbocycles. The van der Waals surface area contributed by atoms with Gasteiger partial charge in [0.05, 0.1) is 10.7 Å². The third kappa shape index (κ3) is 3.37. The van der Waals surface area contributed by atoms with E-state index in [9.17, 15) is 0 Å². The first-order valence-corrected chi connectivity index (χ1v) is 7.03. The van der Waals surface area contributed by atoms with Crippen molar-refractivity contribution in [1.29, 1.82) is 0 Å². The Kier molecular flexibility index (Phi) is 4.09. The van der Waals surface area contributed by atoms with Crippen LogP contribution in [-0.2, 0) is 6.42 Å². The zero-order chi connectivity index (χ0) is 13.0. The maximum atomic E-state index is 5.64. The van der Waals surface area contributed by atoms with Gasteiger partial charge in [0.25, 0.3) is 0 Å². The summed E-state index contributed by atoms with van der Waals surface area (Å²) in [6.07, 6.45) is 5.63. The summed E-state index contributed by atoms with van der Waals surface area (Å²) >= 11 is 1.72. The first kappa shape index (κ1) is 13.2. The maximum Gasteiger partial charge on any atom is 0.0937 e. The van der Waals surface area contributed by atoms with E-state index in [0.717, 1.165) is 30.6 Å². The topological polar surface area (TPSA) is 51.8 Å². The van der Waals surface area contributed by atoms with Crippen molar-refractivity contribution in [2.75, 3.05) is 6.54 Å². The summed E-state index contributed by atoms with van der Waals surface area (Å²) in [5, 5.41) is 3.28. The Morgan fingerprint density at radius 2 is 2.22 bits per heavy atom. The van der Waals surface area contributed by atoms with E-state index in [2.05, 4.69) is 29.2 Å². The third-order valence-corrected chi connectivity index (χ3v) is 3.81. The summed E-state index contributed by atoms with van der Waals surface area (Å²) in [6, 6.07) is 3.98. The highest BCUT2D eigenvalue weighted by Crippen LogP contribution is 2.29. The average molecular weight is 261 g/mol. The fraction of sp³-hybridized carbons (Fsp3) is 0.429. The van der Waals surface area contributed by atoms with Gasteiger partial charge in [-0.2, -0.15) is 0 Å². The standard InChI is InChI=1S/C14H19N3S/c1-14(2,5-6-15)8-13-17-12(10-18-13)11-4-3-7-16-9-11/h3-4,7,9-10H,5-6,8,15H2,1-2H3. The largest absolute Gasteiger partial charge is 0.330 e. The molecule has 4 heteroatoms. The van der Waals surface area contributed by atoms with Gasteiger partial charge >= 0.3 is 0 Å². The second-order valence-electron chi connectivity index (χ2n) is 5.25. The summed E-state index contributed by atoms with van der Waals surface area (Å²) in [6.45, 7) is 5.21. The van der Waals surface area contributed by atoms with Gasteiger partial charge in [0, 0.05) is 29.8 Å². The van der Waals surface area contributed by atoms with Crippen molar-refractivity contribution in [2.24, 2.45) is 11.1 Å². The molecule has 0 aliphatic carbocycles. The van der Waals surface area contributed by atoms with E-state index in [0.29, 0.717) is 0 Å². The van der Waals surface area contributed by atoms with Crippen molar-refractivity contribution in [1.82, 2.24) is 9.97 Å². The minimum Gasteiger partial charge on any atom is -0.330 e. The van der Waals surface area contributed by atoms with E-state index in [-0.39, 0.29) is 5.41 Å². The summed E-state index contributed by atoms with van der Waals surface area (Å²) in [7, 11) is 0. The van der Waals surface area contributed by atoms with E-state index in [4.69, 9.17) is 5.73 Å². The molecule has 2 N–H and O–H groups in total. The summed E-state index contributed by atoms with van der Waals surface area (Å²) in [4.78, 5) is 8.81. The first-order chi connectivity index (χ1) is 8.61. The second kappa shape index (κ2) is 5.59. The Balaban J connectivity index is 2.12. The van der Waals surface area contributed by atoms with Gasteiger partial charge in [-0.15, -0.1) is 11.3 Å². The number of nitrogens with zero attached hydrogens (tertiary/aromatic N) is 2. The van der Waals surface area contributed by atoms with Gasteiger partial charge in [-0.05, 0) is 30.5 Å². The quantitative estimate of drug-likeness (QED) is 0.899. The van der Waals surface area contributed by atoms with Crippen LogP contribution < -0.4 is 5.73 Å². The summed E-state index contributed by atoms with van der Waals surface area (Å²) in [5.74, 6) is 0. The Labute approximate surface area is 112 Å². The van der Waals surface area contributed by atoms with E-state index in [1.165, 1.54) is 5.01 Å². The van der Waals surface area contributed by atoms with Crippen molar-refractivity contribution in [3.63, 3.8) is 0 Å². The minimum atomic E-state index is 0.221. The molecule has 0 aliphatic heterocycles. The van der Waals surface area contributed by atoms with Gasteiger partial charge < -0.3 is 5.73 Å². The molecular formula is C14H19N3S. The first-order valence-electron chi connectivity index (χ1n) is 6.16. The molecule has 2 aromatic rings. The normalized spacial score (nSPS) is 11.7. The smallest absolute Gasteiger partial charge is 0.0937 e. The SMILES string of the molecule is CC(C)(CCN)Cc1nc(-c2cccnc2)cs1. The van der Waals surface area contributed by atoms with Crippen LogP contribution >= 0.6 is 11.3 Å². The van der Waals surface area contributed by atoms with Gasteiger partial charge in [-0.25, -0.2) is 4.98 Å². The van der Waals surface area contributed by atoms with Crippen LogP contribution in [-0.4, -0.2) is 16.5 Å². The third-order valence-electron chi connectivity index (χ3n) is 2.96. The molecule has 0 radical (unpaired) electrons. The zero-order valence-electron chi connectivity index (χ0n) is 10.9. The molecule has 18 heavy (non-hydrogen) atoms. The summed E-state index contributed by atoms with van der Waals surface area (Å²) < 4.78 is 0. The predicted molar refractivity (Wildman–Crippen MR) is 76.5 cm³/mol. The van der Waals surface area contributed by atoms with Crippen LogP contribution in [0.25, 0.3) is 11.3 Å². The maximum absolute atomic E-state index is 5.64. The lowest BCUT2D eigenvalue weighted by atomic mass is 9.86. The number of thiazole rings is 1. The van der Waals surface area contributed by atoms with Crippen molar-refractivity contribution >= 4 is 11.3 Å². The second-order valence-corrected chi connectivity index (χ2v) is 6.19. The molecule has 0 aliphatic rings.